The predicted octanol–water partition coefficient (Wildman–Crippen LogP) is 2.75. The Labute approximate surface area is 113 Å². The fourth-order valence-corrected chi connectivity index (χ4v) is 2.90. The molecule has 102 valence electrons. The average molecular weight is 259 g/mol. The van der Waals surface area contributed by atoms with Crippen LogP contribution in [0.5, 0.6) is 0 Å². The summed E-state index contributed by atoms with van der Waals surface area (Å²) in [5.41, 5.74) is 0.805. The number of anilines is 1. The molecular weight excluding hydrogens is 238 g/mol. The molecule has 1 aliphatic carbocycles. The largest absolute Gasteiger partial charge is 0.367 e. The van der Waals surface area contributed by atoms with Crippen LogP contribution in [0.25, 0.3) is 5.65 Å². The summed E-state index contributed by atoms with van der Waals surface area (Å²) in [5.74, 6) is 2.64. The van der Waals surface area contributed by atoms with Crippen LogP contribution in [0.3, 0.4) is 0 Å². The van der Waals surface area contributed by atoms with Crippen molar-refractivity contribution in [3.8, 4) is 0 Å². The smallest absolute Gasteiger partial charge is 0.203 e. The highest BCUT2D eigenvalue weighted by Crippen LogP contribution is 2.30. The van der Waals surface area contributed by atoms with Gasteiger partial charge in [0, 0.05) is 18.9 Å². The van der Waals surface area contributed by atoms with Crippen molar-refractivity contribution in [1.29, 1.82) is 0 Å². The molecule has 0 aliphatic heterocycles. The van der Waals surface area contributed by atoms with Gasteiger partial charge in [-0.25, -0.2) is 4.98 Å². The minimum atomic E-state index is 0.805. The normalized spacial score (nSPS) is 23.6. The van der Waals surface area contributed by atoms with E-state index >= 15 is 0 Å². The maximum atomic E-state index is 4.34. The summed E-state index contributed by atoms with van der Waals surface area (Å²) in [5, 5.41) is 11.4. The zero-order valence-corrected chi connectivity index (χ0v) is 11.4. The maximum absolute atomic E-state index is 4.34. The fraction of sp³-hybridized carbons (Fsp3) is 0.643. The first-order chi connectivity index (χ1) is 9.33. The maximum Gasteiger partial charge on any atom is 0.203 e. The summed E-state index contributed by atoms with van der Waals surface area (Å²) in [7, 11) is 0. The zero-order valence-electron chi connectivity index (χ0n) is 11.4. The Morgan fingerprint density at radius 1 is 1.32 bits per heavy atom. The van der Waals surface area contributed by atoms with E-state index < -0.39 is 0 Å². The zero-order chi connectivity index (χ0) is 13.1. The number of aromatic nitrogens is 4. The number of hydrogen-bond acceptors (Lipinski definition) is 4. The van der Waals surface area contributed by atoms with Gasteiger partial charge in [-0.05, 0) is 18.3 Å². The highest BCUT2D eigenvalue weighted by molar-refractivity contribution is 5.61. The molecule has 2 aromatic rings. The molecule has 1 N–H and O–H groups in total. The van der Waals surface area contributed by atoms with E-state index in [-0.39, 0.29) is 0 Å². The van der Waals surface area contributed by atoms with E-state index in [1.165, 1.54) is 32.1 Å². The number of rotatable bonds is 4. The van der Waals surface area contributed by atoms with Gasteiger partial charge in [0.15, 0.2) is 5.82 Å². The molecule has 0 unspecified atom stereocenters. The molecule has 19 heavy (non-hydrogen) atoms. The summed E-state index contributed by atoms with van der Waals surface area (Å²) < 4.78 is 1.89. The highest BCUT2D eigenvalue weighted by Gasteiger charge is 2.17. The van der Waals surface area contributed by atoms with E-state index in [0.717, 1.165) is 29.8 Å². The third-order valence-electron chi connectivity index (χ3n) is 4.20. The topological polar surface area (TPSA) is 55.1 Å². The average Bonchev–Trinajstić information content (AvgIpc) is 2.90. The Hall–Kier alpha value is -1.65. The second-order valence-corrected chi connectivity index (χ2v) is 5.68. The van der Waals surface area contributed by atoms with Crippen LogP contribution in [0.15, 0.2) is 18.7 Å². The van der Waals surface area contributed by atoms with E-state index in [4.69, 9.17) is 0 Å². The van der Waals surface area contributed by atoms with Gasteiger partial charge in [0.2, 0.25) is 5.65 Å². The second kappa shape index (κ2) is 5.55. The fourth-order valence-electron chi connectivity index (χ4n) is 2.90. The predicted molar refractivity (Wildman–Crippen MR) is 75.0 cm³/mol. The summed E-state index contributed by atoms with van der Waals surface area (Å²) in [6.07, 6.45) is 12.1. The van der Waals surface area contributed by atoms with Crippen molar-refractivity contribution in [2.75, 3.05) is 11.9 Å². The monoisotopic (exact) mass is 259 g/mol. The van der Waals surface area contributed by atoms with Gasteiger partial charge < -0.3 is 5.32 Å². The van der Waals surface area contributed by atoms with Crippen LogP contribution >= 0.6 is 0 Å². The van der Waals surface area contributed by atoms with Crippen molar-refractivity contribution in [3.63, 3.8) is 0 Å². The van der Waals surface area contributed by atoms with Gasteiger partial charge in [-0.1, -0.05) is 32.6 Å². The van der Waals surface area contributed by atoms with E-state index in [9.17, 15) is 0 Å². The molecule has 5 nitrogen and oxygen atoms in total. The number of fused-ring (bicyclic) bond motifs is 1. The third kappa shape index (κ3) is 2.85. The summed E-state index contributed by atoms with van der Waals surface area (Å²) in [6, 6.07) is 0. The molecule has 0 aromatic carbocycles. The Bertz CT molecular complexity index is 527. The van der Waals surface area contributed by atoms with Crippen LogP contribution in [-0.2, 0) is 0 Å². The quantitative estimate of drug-likeness (QED) is 0.917. The first-order valence-electron chi connectivity index (χ1n) is 7.21. The molecule has 3 rings (SSSR count). The van der Waals surface area contributed by atoms with Crippen molar-refractivity contribution < 1.29 is 0 Å². The van der Waals surface area contributed by atoms with Crippen molar-refractivity contribution >= 4 is 11.5 Å². The summed E-state index contributed by atoms with van der Waals surface area (Å²) in [4.78, 5) is 4.34. The number of nitrogens with zero attached hydrogens (tertiary/aromatic N) is 4. The van der Waals surface area contributed by atoms with E-state index in [1.807, 2.05) is 10.6 Å². The summed E-state index contributed by atoms with van der Waals surface area (Å²) >= 11 is 0. The molecule has 0 radical (unpaired) electrons. The standard InChI is InChI=1S/C14H21N5/c1-11-2-4-12(5-3-11)6-7-15-13-14-18-17-10-19(14)9-8-16-13/h8-12H,2-7H2,1H3,(H,15,16). The Balaban J connectivity index is 1.53. The van der Waals surface area contributed by atoms with Crippen LogP contribution < -0.4 is 5.32 Å². The molecule has 0 atom stereocenters. The molecule has 0 spiro atoms. The molecule has 0 saturated heterocycles. The minimum absolute atomic E-state index is 0.805. The molecule has 2 heterocycles. The minimum Gasteiger partial charge on any atom is -0.367 e. The van der Waals surface area contributed by atoms with E-state index in [1.54, 1.807) is 12.5 Å². The number of hydrogen-bond donors (Lipinski definition) is 1. The van der Waals surface area contributed by atoms with Crippen LogP contribution in [0.4, 0.5) is 5.82 Å². The van der Waals surface area contributed by atoms with E-state index in [2.05, 4.69) is 27.4 Å². The van der Waals surface area contributed by atoms with Gasteiger partial charge >= 0.3 is 0 Å². The van der Waals surface area contributed by atoms with Crippen LogP contribution in [0.1, 0.15) is 39.0 Å². The van der Waals surface area contributed by atoms with Crippen molar-refractivity contribution in [1.82, 2.24) is 19.6 Å². The molecule has 2 aromatic heterocycles. The highest BCUT2D eigenvalue weighted by atomic mass is 15.2. The SMILES string of the molecule is CC1CCC(CCNc2nccn3cnnc23)CC1. The lowest BCUT2D eigenvalue weighted by atomic mass is 9.81. The van der Waals surface area contributed by atoms with Gasteiger partial charge in [-0.3, -0.25) is 4.40 Å². The van der Waals surface area contributed by atoms with Crippen molar-refractivity contribution in [2.24, 2.45) is 11.8 Å². The van der Waals surface area contributed by atoms with Gasteiger partial charge in [0.05, 0.1) is 0 Å². The first-order valence-corrected chi connectivity index (χ1v) is 7.21. The Kier molecular flexibility index (Phi) is 3.62. The Morgan fingerprint density at radius 2 is 2.16 bits per heavy atom. The molecule has 1 saturated carbocycles. The lowest BCUT2D eigenvalue weighted by Crippen LogP contribution is -2.16. The first kappa shape index (κ1) is 12.4. The molecular formula is C14H21N5. The van der Waals surface area contributed by atoms with Crippen molar-refractivity contribution in [3.05, 3.63) is 18.7 Å². The van der Waals surface area contributed by atoms with Crippen molar-refractivity contribution in [2.45, 2.75) is 39.0 Å². The molecule has 1 aliphatic rings. The van der Waals surface area contributed by atoms with E-state index in [0.29, 0.717) is 0 Å². The summed E-state index contributed by atoms with van der Waals surface area (Å²) in [6.45, 7) is 3.34. The van der Waals surface area contributed by atoms with Crippen LogP contribution in [-0.4, -0.2) is 26.1 Å². The molecule has 1 fully saturated rings. The van der Waals surface area contributed by atoms with Gasteiger partial charge in [-0.15, -0.1) is 10.2 Å². The van der Waals surface area contributed by atoms with Gasteiger partial charge in [0.25, 0.3) is 0 Å². The van der Waals surface area contributed by atoms with Gasteiger partial charge in [0.1, 0.15) is 6.33 Å². The Morgan fingerprint density at radius 3 is 3.00 bits per heavy atom. The second-order valence-electron chi connectivity index (χ2n) is 5.68. The molecule has 0 amide bonds. The lowest BCUT2D eigenvalue weighted by Gasteiger charge is -2.26. The molecule has 5 heteroatoms. The number of nitrogens with one attached hydrogen (secondary N) is 1. The van der Waals surface area contributed by atoms with Crippen LogP contribution in [0.2, 0.25) is 0 Å². The van der Waals surface area contributed by atoms with Crippen LogP contribution in [0, 0.1) is 11.8 Å². The molecule has 0 bridgehead atoms. The third-order valence-corrected chi connectivity index (χ3v) is 4.20. The lowest BCUT2D eigenvalue weighted by molar-refractivity contribution is 0.282. The van der Waals surface area contributed by atoms with Gasteiger partial charge in [-0.2, -0.15) is 0 Å².